The van der Waals surface area contributed by atoms with E-state index in [0.29, 0.717) is 16.5 Å². The Hall–Kier alpha value is -1.95. The molecule has 1 saturated heterocycles. The van der Waals surface area contributed by atoms with Crippen molar-refractivity contribution in [2.75, 3.05) is 11.5 Å². The highest BCUT2D eigenvalue weighted by Crippen LogP contribution is 2.55. The maximum atomic E-state index is 13.2. The van der Waals surface area contributed by atoms with Gasteiger partial charge in [0.2, 0.25) is 11.8 Å². The van der Waals surface area contributed by atoms with Crippen molar-refractivity contribution in [3.05, 3.63) is 28.2 Å². The summed E-state index contributed by atoms with van der Waals surface area (Å²) in [6.45, 7) is 4.26. The first-order valence-corrected chi connectivity index (χ1v) is 10.7. The fourth-order valence-corrected chi connectivity index (χ4v) is 6.92. The second kappa shape index (κ2) is 6.03. The molecule has 27 heavy (non-hydrogen) atoms. The van der Waals surface area contributed by atoms with Crippen LogP contribution in [0.25, 0.3) is 0 Å². The van der Waals surface area contributed by atoms with Crippen LogP contribution in [-0.2, 0) is 27.2 Å². The second-order valence-corrected chi connectivity index (χ2v) is 9.35. The summed E-state index contributed by atoms with van der Waals surface area (Å²) in [5, 5.41) is 0.511. The molecule has 4 aliphatic rings. The standard InChI is InChI=1S/C21H23NO4S/c1-3-26-21(25)17-13-7-4-10(2)8-14(13)27-20(17)22-18(23)15-11-5-6-12(9-11)16(15)19(22)24/h5-6,10-12,15-16H,3-4,7-9H2,1-2H3/t10-,11+,12+,15+,16+/m1/s1. The van der Waals surface area contributed by atoms with Crippen LogP contribution in [0.2, 0.25) is 0 Å². The number of carbonyl (C=O) groups is 3. The lowest BCUT2D eigenvalue weighted by molar-refractivity contribution is -0.123. The Balaban J connectivity index is 1.60. The number of hydrogen-bond donors (Lipinski definition) is 0. The predicted octanol–water partition coefficient (Wildman–Crippen LogP) is 3.36. The number of allylic oxidation sites excluding steroid dienone is 2. The predicted molar refractivity (Wildman–Crippen MR) is 102 cm³/mol. The van der Waals surface area contributed by atoms with Crippen molar-refractivity contribution in [2.45, 2.75) is 39.5 Å². The highest BCUT2D eigenvalue weighted by molar-refractivity contribution is 7.17. The van der Waals surface area contributed by atoms with Crippen LogP contribution in [0, 0.1) is 29.6 Å². The molecule has 2 bridgehead atoms. The molecule has 0 aromatic carbocycles. The van der Waals surface area contributed by atoms with Crippen molar-refractivity contribution in [1.82, 2.24) is 0 Å². The molecule has 5 rings (SSSR count). The zero-order valence-electron chi connectivity index (χ0n) is 15.6. The van der Waals surface area contributed by atoms with Gasteiger partial charge in [0.05, 0.1) is 24.0 Å². The smallest absolute Gasteiger partial charge is 0.341 e. The van der Waals surface area contributed by atoms with E-state index >= 15 is 0 Å². The van der Waals surface area contributed by atoms with Crippen LogP contribution < -0.4 is 4.90 Å². The highest BCUT2D eigenvalue weighted by atomic mass is 32.1. The molecule has 1 aromatic rings. The highest BCUT2D eigenvalue weighted by Gasteiger charge is 2.60. The first kappa shape index (κ1) is 17.2. The minimum absolute atomic E-state index is 0.126. The van der Waals surface area contributed by atoms with Crippen LogP contribution in [0.5, 0.6) is 0 Å². The van der Waals surface area contributed by atoms with Gasteiger partial charge in [0, 0.05) is 4.88 Å². The SMILES string of the molecule is CCOC(=O)c1c(N2C(=O)[C@@H]3[C@@H](C2=O)[C@H]2C=C[C@H]3C2)sc2c1CC[C@@H](C)C2. The molecule has 2 amide bonds. The van der Waals surface area contributed by atoms with Crippen LogP contribution in [0.15, 0.2) is 12.2 Å². The Morgan fingerprint density at radius 3 is 2.52 bits per heavy atom. The number of imide groups is 1. The summed E-state index contributed by atoms with van der Waals surface area (Å²) < 4.78 is 5.30. The summed E-state index contributed by atoms with van der Waals surface area (Å²) in [6, 6.07) is 0. The fourth-order valence-electron chi connectivity index (χ4n) is 5.41. The van der Waals surface area contributed by atoms with E-state index in [2.05, 4.69) is 19.1 Å². The van der Waals surface area contributed by atoms with Crippen molar-refractivity contribution in [2.24, 2.45) is 29.6 Å². The van der Waals surface area contributed by atoms with Crippen molar-refractivity contribution in [3.8, 4) is 0 Å². The lowest BCUT2D eigenvalue weighted by Gasteiger charge is -2.19. The van der Waals surface area contributed by atoms with Crippen LogP contribution >= 0.6 is 11.3 Å². The zero-order chi connectivity index (χ0) is 18.9. The molecule has 0 spiro atoms. The van der Waals surface area contributed by atoms with Gasteiger partial charge < -0.3 is 4.74 Å². The molecule has 2 heterocycles. The lowest BCUT2D eigenvalue weighted by atomic mass is 9.85. The Morgan fingerprint density at radius 2 is 1.89 bits per heavy atom. The number of ether oxygens (including phenoxy) is 1. The minimum atomic E-state index is -0.404. The number of fused-ring (bicyclic) bond motifs is 6. The largest absolute Gasteiger partial charge is 0.462 e. The first-order valence-electron chi connectivity index (χ1n) is 9.89. The minimum Gasteiger partial charge on any atom is -0.462 e. The van der Waals surface area contributed by atoms with E-state index in [-0.39, 0.29) is 42.1 Å². The van der Waals surface area contributed by atoms with Gasteiger partial charge >= 0.3 is 5.97 Å². The Kier molecular flexibility index (Phi) is 3.83. The molecule has 1 aliphatic heterocycles. The molecule has 142 valence electrons. The number of carbonyl (C=O) groups excluding carboxylic acids is 3. The maximum Gasteiger partial charge on any atom is 0.341 e. The van der Waals surface area contributed by atoms with Crippen LogP contribution in [0.1, 0.15) is 47.5 Å². The van der Waals surface area contributed by atoms with Crippen LogP contribution in [0.4, 0.5) is 5.00 Å². The Bertz CT molecular complexity index is 855. The third-order valence-corrected chi connectivity index (χ3v) is 7.89. The van der Waals surface area contributed by atoms with E-state index < -0.39 is 5.97 Å². The molecule has 6 heteroatoms. The number of thiophene rings is 1. The molecule has 0 radical (unpaired) electrons. The summed E-state index contributed by atoms with van der Waals surface area (Å²) in [5.74, 6) is -0.273. The average Bonchev–Trinajstić information content (AvgIpc) is 3.36. The lowest BCUT2D eigenvalue weighted by Crippen LogP contribution is -2.33. The summed E-state index contributed by atoms with van der Waals surface area (Å²) in [4.78, 5) is 41.7. The summed E-state index contributed by atoms with van der Waals surface area (Å²) in [5.41, 5.74) is 1.45. The van der Waals surface area contributed by atoms with Crippen LogP contribution in [-0.4, -0.2) is 24.4 Å². The van der Waals surface area contributed by atoms with Gasteiger partial charge in [-0.1, -0.05) is 19.1 Å². The summed E-state index contributed by atoms with van der Waals surface area (Å²) in [6.07, 6.45) is 7.79. The Labute approximate surface area is 162 Å². The van der Waals surface area contributed by atoms with Crippen molar-refractivity contribution in [1.29, 1.82) is 0 Å². The number of anilines is 1. The van der Waals surface area contributed by atoms with E-state index in [9.17, 15) is 14.4 Å². The van der Waals surface area contributed by atoms with Gasteiger partial charge in [0.25, 0.3) is 0 Å². The van der Waals surface area contributed by atoms with Gasteiger partial charge in [-0.05, 0) is 55.9 Å². The van der Waals surface area contributed by atoms with Gasteiger partial charge in [-0.25, -0.2) is 9.69 Å². The molecular formula is C21H23NO4S. The van der Waals surface area contributed by atoms with Gasteiger partial charge in [-0.3, -0.25) is 9.59 Å². The van der Waals surface area contributed by atoms with E-state index in [1.165, 1.54) is 16.2 Å². The van der Waals surface area contributed by atoms with Crippen molar-refractivity contribution >= 4 is 34.1 Å². The third kappa shape index (κ3) is 2.32. The summed E-state index contributed by atoms with van der Waals surface area (Å²) in [7, 11) is 0. The quantitative estimate of drug-likeness (QED) is 0.455. The average molecular weight is 385 g/mol. The monoisotopic (exact) mass is 385 g/mol. The van der Waals surface area contributed by atoms with Gasteiger partial charge in [0.15, 0.2) is 0 Å². The topological polar surface area (TPSA) is 63.7 Å². The summed E-state index contributed by atoms with van der Waals surface area (Å²) >= 11 is 1.45. The van der Waals surface area contributed by atoms with E-state index in [1.54, 1.807) is 6.92 Å². The van der Waals surface area contributed by atoms with Gasteiger partial charge in [0.1, 0.15) is 5.00 Å². The third-order valence-electron chi connectivity index (χ3n) is 6.65. The molecule has 5 atom stereocenters. The van der Waals surface area contributed by atoms with E-state index in [0.717, 1.165) is 36.1 Å². The van der Waals surface area contributed by atoms with E-state index in [1.807, 2.05) is 0 Å². The number of hydrogen-bond acceptors (Lipinski definition) is 5. The molecule has 0 N–H and O–H groups in total. The molecule has 3 aliphatic carbocycles. The fraction of sp³-hybridized carbons (Fsp3) is 0.571. The Morgan fingerprint density at radius 1 is 1.22 bits per heavy atom. The number of nitrogens with zero attached hydrogens (tertiary/aromatic N) is 1. The normalized spacial score (nSPS) is 33.6. The van der Waals surface area contributed by atoms with Crippen molar-refractivity contribution in [3.63, 3.8) is 0 Å². The number of amides is 2. The molecular weight excluding hydrogens is 362 g/mol. The molecule has 2 fully saturated rings. The van der Waals surface area contributed by atoms with Gasteiger partial charge in [-0.2, -0.15) is 0 Å². The molecule has 1 aromatic heterocycles. The second-order valence-electron chi connectivity index (χ2n) is 8.26. The molecule has 1 saturated carbocycles. The first-order chi connectivity index (χ1) is 13.0. The van der Waals surface area contributed by atoms with E-state index in [4.69, 9.17) is 4.74 Å². The zero-order valence-corrected chi connectivity index (χ0v) is 16.4. The van der Waals surface area contributed by atoms with Gasteiger partial charge in [-0.15, -0.1) is 11.3 Å². The molecule has 5 nitrogen and oxygen atoms in total. The van der Waals surface area contributed by atoms with Crippen LogP contribution in [0.3, 0.4) is 0 Å². The van der Waals surface area contributed by atoms with Crippen molar-refractivity contribution < 1.29 is 19.1 Å². The number of esters is 1. The maximum absolute atomic E-state index is 13.2. The number of rotatable bonds is 3. The molecule has 0 unspecified atom stereocenters.